The summed E-state index contributed by atoms with van der Waals surface area (Å²) in [5, 5.41) is 12.0. The first-order valence-corrected chi connectivity index (χ1v) is 11.3. The van der Waals surface area contributed by atoms with Crippen LogP contribution in [-0.4, -0.2) is 57.0 Å². The zero-order valence-electron chi connectivity index (χ0n) is 15.5. The molecule has 0 bridgehead atoms. The number of hydrogen-bond acceptors (Lipinski definition) is 5. The van der Waals surface area contributed by atoms with Gasteiger partial charge in [0.2, 0.25) is 5.91 Å². The maximum Gasteiger partial charge on any atom is 0.352 e. The Morgan fingerprint density at radius 3 is 2.74 bits per heavy atom. The van der Waals surface area contributed by atoms with E-state index in [9.17, 15) is 19.5 Å². The zero-order valence-corrected chi connectivity index (χ0v) is 18.8. The molecule has 1 radical (unpaired) electrons. The number of carbonyl (C=O) groups is 3. The van der Waals surface area contributed by atoms with Crippen LogP contribution in [0, 0.1) is 0 Å². The van der Waals surface area contributed by atoms with Crippen LogP contribution in [0.3, 0.4) is 0 Å². The monoisotopic (exact) mass is 501 g/mol. The Morgan fingerprint density at radius 1 is 1.37 bits per heavy atom. The number of carboxylic acid groups (broad SMARTS) is 1. The minimum Gasteiger partial charge on any atom is -0.477 e. The van der Waals surface area contributed by atoms with Crippen molar-refractivity contribution in [2.75, 3.05) is 17.8 Å². The van der Waals surface area contributed by atoms with E-state index in [1.807, 2.05) is 18.4 Å². The summed E-state index contributed by atoms with van der Waals surface area (Å²) in [4.78, 5) is 37.2. The molecule has 2 amide bonds. The standard InChI is InChI=1S/C18H26N2O4S2.Rh/c1-3-4-5-6-7-8-9-12-10-26-17-14(19-13(21)11-25-2)16(22)20(17)15(12)18(23)24;/h8-9,14,17H,3-7,10-11H2,1-2H3,(H,19,21)(H,23,24);/b9-8+;. The molecule has 2 unspecified atom stereocenters. The fraction of sp³-hybridized carbons (Fsp3) is 0.611. The third-order valence-electron chi connectivity index (χ3n) is 4.34. The molecule has 1 fully saturated rings. The van der Waals surface area contributed by atoms with E-state index in [2.05, 4.69) is 12.2 Å². The van der Waals surface area contributed by atoms with Crippen molar-refractivity contribution < 1.29 is 39.0 Å². The van der Waals surface area contributed by atoms with Gasteiger partial charge in [-0.3, -0.25) is 14.5 Å². The first kappa shape index (κ1) is 24.3. The van der Waals surface area contributed by atoms with Crippen LogP contribution in [0.4, 0.5) is 0 Å². The number of amides is 2. The van der Waals surface area contributed by atoms with Gasteiger partial charge in [0.15, 0.2) is 0 Å². The molecule has 27 heavy (non-hydrogen) atoms. The summed E-state index contributed by atoms with van der Waals surface area (Å²) in [6.07, 6.45) is 11.2. The number of carbonyl (C=O) groups excluding carboxylic acids is 2. The number of unbranched alkanes of at least 4 members (excludes halogenated alkanes) is 4. The van der Waals surface area contributed by atoms with Gasteiger partial charge in [-0.15, -0.1) is 11.8 Å². The molecule has 2 aliphatic rings. The number of aliphatic carboxylic acids is 1. The maximum atomic E-state index is 12.4. The van der Waals surface area contributed by atoms with E-state index in [4.69, 9.17) is 0 Å². The molecule has 0 spiro atoms. The van der Waals surface area contributed by atoms with E-state index in [1.54, 1.807) is 0 Å². The van der Waals surface area contributed by atoms with E-state index >= 15 is 0 Å². The van der Waals surface area contributed by atoms with Crippen molar-refractivity contribution in [2.45, 2.75) is 50.4 Å². The Hall–Kier alpha value is -0.787. The van der Waals surface area contributed by atoms with E-state index in [-0.39, 0.29) is 48.1 Å². The summed E-state index contributed by atoms with van der Waals surface area (Å²) < 4.78 is 0. The molecule has 0 aromatic carbocycles. The second-order valence-corrected chi connectivity index (χ2v) is 8.29. The molecule has 1 saturated heterocycles. The van der Waals surface area contributed by atoms with Crippen molar-refractivity contribution in [2.24, 2.45) is 0 Å². The second kappa shape index (κ2) is 11.9. The fourth-order valence-corrected chi connectivity index (χ4v) is 4.70. The van der Waals surface area contributed by atoms with Gasteiger partial charge in [0.25, 0.3) is 5.91 Å². The van der Waals surface area contributed by atoms with Gasteiger partial charge in [-0.25, -0.2) is 4.79 Å². The van der Waals surface area contributed by atoms with E-state index in [0.717, 1.165) is 12.8 Å². The van der Waals surface area contributed by atoms with Gasteiger partial charge >= 0.3 is 5.97 Å². The largest absolute Gasteiger partial charge is 0.477 e. The SMILES string of the molecule is CCCCCC/C=C/C1=C(C(=O)O)N2C(=O)C(NC(=O)CSC)C2SC1.[Rh]. The Labute approximate surface area is 181 Å². The van der Waals surface area contributed by atoms with Crippen LogP contribution in [0.5, 0.6) is 0 Å². The number of carboxylic acids is 1. The molecule has 6 nitrogen and oxygen atoms in total. The molecule has 2 N–H and O–H groups in total. The predicted molar refractivity (Wildman–Crippen MR) is 106 cm³/mol. The van der Waals surface area contributed by atoms with E-state index in [0.29, 0.717) is 11.3 Å². The molecular formula is C18H26N2O4RhS2. The third kappa shape index (κ3) is 6.10. The molecule has 0 saturated carbocycles. The van der Waals surface area contributed by atoms with Crippen molar-refractivity contribution in [3.8, 4) is 0 Å². The quantitative estimate of drug-likeness (QED) is 0.272. The van der Waals surface area contributed by atoms with Gasteiger partial charge < -0.3 is 10.4 Å². The first-order valence-electron chi connectivity index (χ1n) is 8.87. The number of fused-ring (bicyclic) bond motifs is 1. The van der Waals surface area contributed by atoms with Crippen molar-refractivity contribution in [3.63, 3.8) is 0 Å². The number of rotatable bonds is 10. The van der Waals surface area contributed by atoms with Crippen molar-refractivity contribution in [3.05, 3.63) is 23.4 Å². The van der Waals surface area contributed by atoms with Crippen molar-refractivity contribution in [1.82, 2.24) is 10.2 Å². The van der Waals surface area contributed by atoms with Gasteiger partial charge in [0.1, 0.15) is 17.1 Å². The van der Waals surface area contributed by atoms with Gasteiger partial charge in [-0.1, -0.05) is 38.3 Å². The molecular weight excluding hydrogens is 475 g/mol. The number of allylic oxidation sites excluding steroid dienone is 2. The summed E-state index contributed by atoms with van der Waals surface area (Å²) in [5.41, 5.74) is 0.718. The minimum atomic E-state index is -1.09. The molecule has 0 aromatic heterocycles. The van der Waals surface area contributed by atoms with Crippen LogP contribution in [-0.2, 0) is 33.9 Å². The summed E-state index contributed by atoms with van der Waals surface area (Å²) in [7, 11) is 0. The summed E-state index contributed by atoms with van der Waals surface area (Å²) in [6.45, 7) is 2.16. The van der Waals surface area contributed by atoms with Gasteiger partial charge in [0.05, 0.1) is 5.75 Å². The fourth-order valence-electron chi connectivity index (χ4n) is 3.03. The van der Waals surface area contributed by atoms with Crippen molar-refractivity contribution >= 4 is 41.3 Å². The summed E-state index contributed by atoms with van der Waals surface area (Å²) >= 11 is 2.88. The average molecular weight is 501 g/mol. The van der Waals surface area contributed by atoms with Crippen LogP contribution in [0.1, 0.15) is 39.0 Å². The molecule has 0 aromatic rings. The number of β-lactam (4-membered cyclic amide) rings is 1. The van der Waals surface area contributed by atoms with Crippen molar-refractivity contribution in [1.29, 1.82) is 0 Å². The van der Waals surface area contributed by atoms with Gasteiger partial charge in [-0.05, 0) is 24.7 Å². The smallest absolute Gasteiger partial charge is 0.352 e. The van der Waals surface area contributed by atoms with Crippen LogP contribution >= 0.6 is 23.5 Å². The van der Waals surface area contributed by atoms with Crippen LogP contribution in [0.25, 0.3) is 0 Å². The Kier molecular flexibility index (Phi) is 10.7. The van der Waals surface area contributed by atoms with Crippen LogP contribution in [0.15, 0.2) is 23.4 Å². The number of hydrogen-bond donors (Lipinski definition) is 2. The summed E-state index contributed by atoms with van der Waals surface area (Å²) in [5.74, 6) is -0.827. The van der Waals surface area contributed by atoms with Gasteiger partial charge in [0, 0.05) is 25.2 Å². The molecule has 2 aliphatic heterocycles. The zero-order chi connectivity index (χ0) is 19.1. The molecule has 2 atom stereocenters. The molecule has 0 aliphatic carbocycles. The Morgan fingerprint density at radius 2 is 2.11 bits per heavy atom. The topological polar surface area (TPSA) is 86.7 Å². The average Bonchev–Trinajstić information content (AvgIpc) is 2.62. The Balaban J connectivity index is 0.00000364. The first-order chi connectivity index (χ1) is 12.5. The van der Waals surface area contributed by atoms with Crippen LogP contribution in [0.2, 0.25) is 0 Å². The van der Waals surface area contributed by atoms with Gasteiger partial charge in [-0.2, -0.15) is 11.8 Å². The minimum absolute atomic E-state index is 0. The second-order valence-electron chi connectivity index (χ2n) is 6.32. The molecule has 2 rings (SSSR count). The predicted octanol–water partition coefficient (Wildman–Crippen LogP) is 2.61. The number of nitrogens with zero attached hydrogens (tertiary/aromatic N) is 1. The summed E-state index contributed by atoms with van der Waals surface area (Å²) in [6, 6.07) is -0.631. The number of nitrogens with one attached hydrogen (secondary N) is 1. The molecule has 2 heterocycles. The molecule has 153 valence electrons. The molecule has 9 heteroatoms. The Bertz CT molecular complexity index is 624. The van der Waals surface area contributed by atoms with Crippen LogP contribution < -0.4 is 5.32 Å². The maximum absolute atomic E-state index is 12.4. The number of thioether (sulfide) groups is 2. The third-order valence-corrected chi connectivity index (χ3v) is 6.19. The van der Waals surface area contributed by atoms with E-state index < -0.39 is 12.0 Å². The normalized spacial score (nSPS) is 21.6. The van der Waals surface area contributed by atoms with E-state index in [1.165, 1.54) is 47.7 Å².